The van der Waals surface area contributed by atoms with Crippen LogP contribution in [0.5, 0.6) is 5.75 Å². The van der Waals surface area contributed by atoms with Crippen molar-refractivity contribution in [1.82, 2.24) is 4.98 Å². The zero-order valence-corrected chi connectivity index (χ0v) is 10.9. The lowest BCUT2D eigenvalue weighted by atomic mass is 10.0. The summed E-state index contributed by atoms with van der Waals surface area (Å²) in [6.07, 6.45) is 3.30. The van der Waals surface area contributed by atoms with Gasteiger partial charge in [-0.25, -0.2) is 0 Å². The molecule has 0 aliphatic rings. The van der Waals surface area contributed by atoms with Gasteiger partial charge in [-0.1, -0.05) is 12.1 Å². The highest BCUT2D eigenvalue weighted by molar-refractivity contribution is 5.87. The van der Waals surface area contributed by atoms with Gasteiger partial charge in [-0.05, 0) is 37.5 Å². The van der Waals surface area contributed by atoms with Crippen LogP contribution in [-0.2, 0) is 11.2 Å². The number of pyridine rings is 1. The van der Waals surface area contributed by atoms with E-state index in [4.69, 9.17) is 9.84 Å². The molecule has 0 unspecified atom stereocenters. The van der Waals surface area contributed by atoms with Crippen molar-refractivity contribution in [3.63, 3.8) is 0 Å². The number of rotatable bonds is 6. The normalized spacial score (nSPS) is 10.6. The van der Waals surface area contributed by atoms with E-state index < -0.39 is 5.97 Å². The number of hydrogen-bond donors (Lipinski definition) is 1. The smallest absolute Gasteiger partial charge is 0.303 e. The number of ether oxygens (including phenoxy) is 1. The van der Waals surface area contributed by atoms with Gasteiger partial charge in [0.1, 0.15) is 11.3 Å². The summed E-state index contributed by atoms with van der Waals surface area (Å²) in [7, 11) is 0. The minimum absolute atomic E-state index is 0.189. The number of fused-ring (bicyclic) bond motifs is 1. The molecule has 1 N–H and O–H groups in total. The molecule has 0 bridgehead atoms. The number of nitrogens with zero attached hydrogens (tertiary/aromatic N) is 1. The number of aryl methyl sites for hydroxylation is 1. The van der Waals surface area contributed by atoms with E-state index in [1.807, 2.05) is 31.2 Å². The first kappa shape index (κ1) is 13.3. The Morgan fingerprint density at radius 2 is 2.21 bits per heavy atom. The van der Waals surface area contributed by atoms with Gasteiger partial charge in [-0.3, -0.25) is 9.78 Å². The summed E-state index contributed by atoms with van der Waals surface area (Å²) in [5.41, 5.74) is 1.96. The molecule has 2 aromatic rings. The van der Waals surface area contributed by atoms with Crippen molar-refractivity contribution in [2.45, 2.75) is 26.2 Å². The van der Waals surface area contributed by atoms with Crippen molar-refractivity contribution >= 4 is 16.9 Å². The number of aromatic nitrogens is 1. The lowest BCUT2D eigenvalue weighted by Crippen LogP contribution is -1.98. The predicted molar refractivity (Wildman–Crippen MR) is 73.5 cm³/mol. The average molecular weight is 259 g/mol. The summed E-state index contributed by atoms with van der Waals surface area (Å²) in [5, 5.41) is 9.73. The first-order valence-electron chi connectivity index (χ1n) is 6.43. The largest absolute Gasteiger partial charge is 0.492 e. The molecular formula is C15H17NO3. The van der Waals surface area contributed by atoms with E-state index in [1.54, 1.807) is 6.20 Å². The second kappa shape index (κ2) is 6.18. The molecule has 1 heterocycles. The number of carboxylic acids is 1. The molecule has 100 valence electrons. The molecule has 4 heteroatoms. The van der Waals surface area contributed by atoms with Crippen molar-refractivity contribution in [3.8, 4) is 5.75 Å². The zero-order valence-electron chi connectivity index (χ0n) is 10.9. The van der Waals surface area contributed by atoms with E-state index in [0.29, 0.717) is 13.0 Å². The van der Waals surface area contributed by atoms with Crippen LogP contribution in [0.3, 0.4) is 0 Å². The van der Waals surface area contributed by atoms with Crippen LogP contribution >= 0.6 is 0 Å². The number of carbonyl (C=O) groups is 1. The summed E-state index contributed by atoms with van der Waals surface area (Å²) < 4.78 is 5.56. The maximum atomic E-state index is 10.6. The van der Waals surface area contributed by atoms with Crippen molar-refractivity contribution in [2.24, 2.45) is 0 Å². The number of aliphatic carboxylic acids is 1. The molecule has 0 fully saturated rings. The van der Waals surface area contributed by atoms with E-state index in [-0.39, 0.29) is 6.42 Å². The molecule has 0 spiro atoms. The van der Waals surface area contributed by atoms with Gasteiger partial charge in [0, 0.05) is 18.0 Å². The van der Waals surface area contributed by atoms with Crippen molar-refractivity contribution in [2.75, 3.05) is 6.61 Å². The van der Waals surface area contributed by atoms with Crippen molar-refractivity contribution < 1.29 is 14.6 Å². The maximum Gasteiger partial charge on any atom is 0.303 e. The zero-order chi connectivity index (χ0) is 13.7. The Bertz CT molecular complexity index is 581. The Kier molecular flexibility index (Phi) is 4.34. The van der Waals surface area contributed by atoms with Gasteiger partial charge in [-0.2, -0.15) is 0 Å². The van der Waals surface area contributed by atoms with E-state index in [1.165, 1.54) is 0 Å². The molecule has 0 atom stereocenters. The fourth-order valence-corrected chi connectivity index (χ4v) is 2.13. The third-order valence-corrected chi connectivity index (χ3v) is 2.96. The number of benzene rings is 1. The van der Waals surface area contributed by atoms with Crippen LogP contribution in [-0.4, -0.2) is 22.7 Å². The van der Waals surface area contributed by atoms with Gasteiger partial charge in [-0.15, -0.1) is 0 Å². The Labute approximate surface area is 112 Å². The first-order chi connectivity index (χ1) is 9.22. The standard InChI is InChI=1S/C15H17NO3/c1-2-19-13-9-8-11(5-3-7-14(17)18)12-6-4-10-16-15(12)13/h4,6,8-10H,2-3,5,7H2,1H3,(H,17,18). The highest BCUT2D eigenvalue weighted by atomic mass is 16.5. The molecule has 0 amide bonds. The molecule has 0 aliphatic heterocycles. The first-order valence-corrected chi connectivity index (χ1v) is 6.43. The van der Waals surface area contributed by atoms with E-state index >= 15 is 0 Å². The fourth-order valence-electron chi connectivity index (χ4n) is 2.13. The van der Waals surface area contributed by atoms with Crippen LogP contribution in [0.25, 0.3) is 10.9 Å². The molecular weight excluding hydrogens is 242 g/mol. The number of hydrogen-bond acceptors (Lipinski definition) is 3. The van der Waals surface area contributed by atoms with Crippen LogP contribution in [0.15, 0.2) is 30.5 Å². The summed E-state index contributed by atoms with van der Waals surface area (Å²) in [4.78, 5) is 14.9. The topological polar surface area (TPSA) is 59.4 Å². The molecule has 0 aliphatic carbocycles. The Balaban J connectivity index is 2.30. The average Bonchev–Trinajstić information content (AvgIpc) is 2.41. The summed E-state index contributed by atoms with van der Waals surface area (Å²) in [5.74, 6) is 0.0217. The fraction of sp³-hybridized carbons (Fsp3) is 0.333. The van der Waals surface area contributed by atoms with Gasteiger partial charge >= 0.3 is 5.97 Å². The van der Waals surface area contributed by atoms with Gasteiger partial charge in [0.05, 0.1) is 6.61 Å². The van der Waals surface area contributed by atoms with Crippen LogP contribution in [0, 0.1) is 0 Å². The maximum absolute atomic E-state index is 10.6. The highest BCUT2D eigenvalue weighted by Gasteiger charge is 2.08. The molecule has 1 aromatic carbocycles. The van der Waals surface area contributed by atoms with Gasteiger partial charge in [0.15, 0.2) is 0 Å². The van der Waals surface area contributed by atoms with Crippen LogP contribution in [0.4, 0.5) is 0 Å². The molecule has 19 heavy (non-hydrogen) atoms. The van der Waals surface area contributed by atoms with E-state index in [9.17, 15) is 4.79 Å². The van der Waals surface area contributed by atoms with Crippen LogP contribution in [0.2, 0.25) is 0 Å². The Hall–Kier alpha value is -2.10. The van der Waals surface area contributed by atoms with Crippen molar-refractivity contribution in [1.29, 1.82) is 0 Å². The second-order valence-corrected chi connectivity index (χ2v) is 4.30. The van der Waals surface area contributed by atoms with Crippen LogP contribution in [0.1, 0.15) is 25.3 Å². The Morgan fingerprint density at radius 1 is 1.37 bits per heavy atom. The highest BCUT2D eigenvalue weighted by Crippen LogP contribution is 2.27. The monoisotopic (exact) mass is 259 g/mol. The summed E-state index contributed by atoms with van der Waals surface area (Å²) in [6.45, 7) is 2.54. The van der Waals surface area contributed by atoms with Crippen molar-refractivity contribution in [3.05, 3.63) is 36.0 Å². The SMILES string of the molecule is CCOc1ccc(CCCC(=O)O)c2cccnc12. The quantitative estimate of drug-likeness (QED) is 0.866. The Morgan fingerprint density at radius 3 is 2.95 bits per heavy atom. The van der Waals surface area contributed by atoms with E-state index in [0.717, 1.165) is 28.6 Å². The lowest BCUT2D eigenvalue weighted by Gasteiger charge is -2.10. The summed E-state index contributed by atoms with van der Waals surface area (Å²) in [6, 6.07) is 7.80. The third-order valence-electron chi connectivity index (χ3n) is 2.96. The second-order valence-electron chi connectivity index (χ2n) is 4.30. The summed E-state index contributed by atoms with van der Waals surface area (Å²) >= 11 is 0. The minimum Gasteiger partial charge on any atom is -0.492 e. The van der Waals surface area contributed by atoms with Crippen LogP contribution < -0.4 is 4.74 Å². The van der Waals surface area contributed by atoms with Gasteiger partial charge in [0.2, 0.25) is 0 Å². The third kappa shape index (κ3) is 3.22. The molecule has 4 nitrogen and oxygen atoms in total. The molecule has 1 aromatic heterocycles. The van der Waals surface area contributed by atoms with Gasteiger partial charge in [0.25, 0.3) is 0 Å². The molecule has 0 radical (unpaired) electrons. The number of carboxylic acid groups (broad SMARTS) is 1. The van der Waals surface area contributed by atoms with E-state index in [2.05, 4.69) is 4.98 Å². The minimum atomic E-state index is -0.756. The van der Waals surface area contributed by atoms with Gasteiger partial charge < -0.3 is 9.84 Å². The predicted octanol–water partition coefficient (Wildman–Crippen LogP) is 3.04. The molecule has 2 rings (SSSR count). The molecule has 0 saturated carbocycles. The lowest BCUT2D eigenvalue weighted by molar-refractivity contribution is -0.137. The molecule has 0 saturated heterocycles.